The molecule has 4 rings (SSSR count). The third-order valence-corrected chi connectivity index (χ3v) is 5.39. The fraction of sp³-hybridized carbons (Fsp3) is 0.250. The lowest BCUT2D eigenvalue weighted by molar-refractivity contribution is -0.134. The second kappa shape index (κ2) is 6.66. The van der Waals surface area contributed by atoms with Gasteiger partial charge in [-0.1, -0.05) is 29.5 Å². The van der Waals surface area contributed by atoms with Crippen molar-refractivity contribution in [3.63, 3.8) is 0 Å². The lowest BCUT2D eigenvalue weighted by Crippen LogP contribution is -2.48. The molecule has 7 heteroatoms. The van der Waals surface area contributed by atoms with E-state index in [2.05, 4.69) is 10.3 Å². The third kappa shape index (κ3) is 3.26. The van der Waals surface area contributed by atoms with E-state index >= 15 is 0 Å². The predicted octanol–water partition coefficient (Wildman–Crippen LogP) is 3.81. The van der Waals surface area contributed by atoms with Gasteiger partial charge in [-0.05, 0) is 43.7 Å². The number of cyclic esters (lactones) is 1. The van der Waals surface area contributed by atoms with Gasteiger partial charge in [0.2, 0.25) is 0 Å². The lowest BCUT2D eigenvalue weighted by atomic mass is 9.89. The van der Waals surface area contributed by atoms with E-state index in [0.717, 1.165) is 21.5 Å². The van der Waals surface area contributed by atoms with Crippen LogP contribution in [0, 0.1) is 0 Å². The molecule has 1 aliphatic heterocycles. The summed E-state index contributed by atoms with van der Waals surface area (Å²) in [5.74, 6) is -0.120. The largest absolute Gasteiger partial charge is 0.494 e. The number of hydrogen-bond acceptors (Lipinski definition) is 6. The Bertz CT molecular complexity index is 1050. The van der Waals surface area contributed by atoms with Crippen molar-refractivity contribution in [1.29, 1.82) is 0 Å². The Hall–Kier alpha value is -2.93. The Morgan fingerprint density at radius 1 is 1.33 bits per heavy atom. The zero-order valence-corrected chi connectivity index (χ0v) is 15.8. The van der Waals surface area contributed by atoms with Crippen molar-refractivity contribution < 1.29 is 19.1 Å². The summed E-state index contributed by atoms with van der Waals surface area (Å²) in [6.07, 6.45) is 0.320. The molecule has 2 aromatic carbocycles. The molecule has 0 bridgehead atoms. The Balaban J connectivity index is 1.57. The van der Waals surface area contributed by atoms with Crippen molar-refractivity contribution in [1.82, 2.24) is 4.98 Å². The summed E-state index contributed by atoms with van der Waals surface area (Å²) in [5.41, 5.74) is 0.804. The summed E-state index contributed by atoms with van der Waals surface area (Å²) in [4.78, 5) is 29.5. The van der Waals surface area contributed by atoms with Gasteiger partial charge in [0.1, 0.15) is 5.75 Å². The number of carbonyl (C=O) groups excluding carboxylic acids is 2. The smallest absolute Gasteiger partial charge is 0.339 e. The van der Waals surface area contributed by atoms with Crippen molar-refractivity contribution in [3.8, 4) is 5.75 Å². The molecule has 1 aliphatic rings. The minimum absolute atomic E-state index is 0.320. The number of carbonyl (C=O) groups is 2. The van der Waals surface area contributed by atoms with Crippen molar-refractivity contribution in [2.45, 2.75) is 25.9 Å². The van der Waals surface area contributed by atoms with Crippen LogP contribution in [-0.2, 0) is 16.0 Å². The fourth-order valence-corrected chi connectivity index (χ4v) is 3.99. The van der Waals surface area contributed by atoms with E-state index < -0.39 is 17.5 Å². The van der Waals surface area contributed by atoms with Crippen LogP contribution in [0.1, 0.15) is 29.8 Å². The number of fused-ring (bicyclic) bond motifs is 2. The number of nitrogens with one attached hydrogen (secondary N) is 1. The summed E-state index contributed by atoms with van der Waals surface area (Å²) in [6.45, 7) is 4.13. The first-order valence-corrected chi connectivity index (χ1v) is 9.46. The van der Waals surface area contributed by atoms with Gasteiger partial charge in [0.25, 0.3) is 5.91 Å². The molecule has 0 saturated heterocycles. The Morgan fingerprint density at radius 2 is 2.15 bits per heavy atom. The van der Waals surface area contributed by atoms with Crippen LogP contribution in [0.15, 0.2) is 42.5 Å². The first-order valence-electron chi connectivity index (χ1n) is 8.64. The molecule has 0 aliphatic carbocycles. The van der Waals surface area contributed by atoms with E-state index in [-0.39, 0.29) is 0 Å². The molecule has 1 atom stereocenters. The van der Waals surface area contributed by atoms with E-state index in [0.29, 0.717) is 23.7 Å². The maximum Gasteiger partial charge on any atom is 0.339 e. The molecule has 2 heterocycles. The molecule has 0 unspecified atom stereocenters. The highest BCUT2D eigenvalue weighted by molar-refractivity contribution is 7.22. The van der Waals surface area contributed by atoms with Gasteiger partial charge >= 0.3 is 5.97 Å². The predicted molar refractivity (Wildman–Crippen MR) is 103 cm³/mol. The van der Waals surface area contributed by atoms with Crippen LogP contribution in [0.3, 0.4) is 0 Å². The zero-order valence-electron chi connectivity index (χ0n) is 14.9. The quantitative estimate of drug-likeness (QED) is 0.695. The van der Waals surface area contributed by atoms with Gasteiger partial charge in [0.05, 0.1) is 22.4 Å². The molecule has 3 aromatic rings. The van der Waals surface area contributed by atoms with E-state index in [4.69, 9.17) is 9.47 Å². The van der Waals surface area contributed by atoms with E-state index in [1.165, 1.54) is 11.3 Å². The third-order valence-electron chi connectivity index (χ3n) is 4.45. The lowest BCUT2D eigenvalue weighted by Gasteiger charge is -2.32. The van der Waals surface area contributed by atoms with Gasteiger partial charge in [0.15, 0.2) is 10.7 Å². The topological polar surface area (TPSA) is 77.5 Å². The van der Waals surface area contributed by atoms with Crippen LogP contribution in [0.4, 0.5) is 5.13 Å². The van der Waals surface area contributed by atoms with Crippen LogP contribution in [0.5, 0.6) is 5.75 Å². The number of nitrogens with zero attached hydrogens (tertiary/aromatic N) is 1. The number of esters is 1. The molecule has 0 spiro atoms. The monoisotopic (exact) mass is 382 g/mol. The van der Waals surface area contributed by atoms with Crippen molar-refractivity contribution in [3.05, 3.63) is 53.6 Å². The number of rotatable bonds is 4. The Morgan fingerprint density at radius 3 is 2.96 bits per heavy atom. The van der Waals surface area contributed by atoms with E-state index in [1.807, 2.05) is 37.3 Å². The highest BCUT2D eigenvalue weighted by Gasteiger charge is 2.42. The maximum absolute atomic E-state index is 12.8. The molecule has 0 radical (unpaired) electrons. The summed E-state index contributed by atoms with van der Waals surface area (Å²) in [7, 11) is 0. The minimum Gasteiger partial charge on any atom is -0.494 e. The molecule has 138 valence electrons. The van der Waals surface area contributed by atoms with Gasteiger partial charge in [0, 0.05) is 6.42 Å². The number of ether oxygens (including phenoxy) is 2. The number of anilines is 1. The molecule has 1 N–H and O–H groups in total. The summed E-state index contributed by atoms with van der Waals surface area (Å²) < 4.78 is 11.9. The van der Waals surface area contributed by atoms with Crippen molar-refractivity contribution in [2.24, 2.45) is 0 Å². The molecule has 1 aromatic heterocycles. The van der Waals surface area contributed by atoms with Crippen LogP contribution in [0.2, 0.25) is 0 Å². The number of benzene rings is 2. The van der Waals surface area contributed by atoms with Crippen LogP contribution >= 0.6 is 11.3 Å². The van der Waals surface area contributed by atoms with Crippen molar-refractivity contribution >= 4 is 38.6 Å². The molecular weight excluding hydrogens is 364 g/mol. The standard InChI is InChI=1S/C20H18N2O4S/c1-3-25-13-8-9-15-16(10-13)27-19(21-15)22-18(24)20(2)11-12-6-4-5-7-14(12)17(23)26-20/h4-10H,3,11H2,1-2H3,(H,21,22,24)/t20-/m1/s1. The highest BCUT2D eigenvalue weighted by atomic mass is 32.1. The first-order chi connectivity index (χ1) is 13.0. The molecule has 0 fully saturated rings. The molecule has 0 saturated carbocycles. The van der Waals surface area contributed by atoms with Crippen LogP contribution in [0.25, 0.3) is 10.2 Å². The van der Waals surface area contributed by atoms with Gasteiger partial charge in [-0.2, -0.15) is 0 Å². The van der Waals surface area contributed by atoms with Crippen LogP contribution in [-0.4, -0.2) is 29.1 Å². The van der Waals surface area contributed by atoms with E-state index in [1.54, 1.807) is 19.1 Å². The summed E-state index contributed by atoms with van der Waals surface area (Å²) >= 11 is 1.35. The molecular formula is C20H18N2O4S. The SMILES string of the molecule is CCOc1ccc2nc(NC(=O)[C@@]3(C)Cc4ccccc4C(=O)O3)sc2c1. The average molecular weight is 382 g/mol. The molecule has 1 amide bonds. The number of thiazole rings is 1. The van der Waals surface area contributed by atoms with Gasteiger partial charge < -0.3 is 9.47 Å². The normalized spacial score (nSPS) is 18.7. The highest BCUT2D eigenvalue weighted by Crippen LogP contribution is 2.32. The Labute approximate surface area is 160 Å². The Kier molecular flexibility index (Phi) is 4.31. The molecule has 27 heavy (non-hydrogen) atoms. The first kappa shape index (κ1) is 17.5. The maximum atomic E-state index is 12.8. The fourth-order valence-electron chi connectivity index (χ4n) is 3.10. The number of aromatic nitrogens is 1. The zero-order chi connectivity index (χ0) is 19.0. The molecule has 6 nitrogen and oxygen atoms in total. The van der Waals surface area contributed by atoms with Gasteiger partial charge in [-0.25, -0.2) is 9.78 Å². The van der Waals surface area contributed by atoms with E-state index in [9.17, 15) is 9.59 Å². The minimum atomic E-state index is -1.28. The van der Waals surface area contributed by atoms with Gasteiger partial charge in [-0.15, -0.1) is 0 Å². The number of amides is 1. The average Bonchev–Trinajstić information content (AvgIpc) is 3.03. The number of hydrogen-bond donors (Lipinski definition) is 1. The van der Waals surface area contributed by atoms with Gasteiger partial charge in [-0.3, -0.25) is 10.1 Å². The summed E-state index contributed by atoms with van der Waals surface area (Å²) in [6, 6.07) is 12.8. The second-order valence-corrected chi connectivity index (χ2v) is 7.52. The second-order valence-electron chi connectivity index (χ2n) is 6.49. The summed E-state index contributed by atoms with van der Waals surface area (Å²) in [5, 5.41) is 3.25. The van der Waals surface area contributed by atoms with Crippen LogP contribution < -0.4 is 10.1 Å². The van der Waals surface area contributed by atoms with Crippen molar-refractivity contribution in [2.75, 3.05) is 11.9 Å².